The molecule has 0 aliphatic carbocycles. The molecule has 0 saturated heterocycles. The van der Waals surface area contributed by atoms with E-state index in [0.29, 0.717) is 5.75 Å². The van der Waals surface area contributed by atoms with E-state index in [0.717, 1.165) is 0 Å². The van der Waals surface area contributed by atoms with Crippen LogP contribution in [-0.2, 0) is 4.79 Å². The number of aliphatic carboxylic acids is 1. The van der Waals surface area contributed by atoms with Crippen molar-refractivity contribution < 1.29 is 19.4 Å². The molecule has 6 nitrogen and oxygen atoms in total. The van der Waals surface area contributed by atoms with E-state index < -0.39 is 5.97 Å². The van der Waals surface area contributed by atoms with E-state index in [-0.39, 0.29) is 30.7 Å². The average molecular weight is 266 g/mol. The molecule has 6 heteroatoms. The summed E-state index contributed by atoms with van der Waals surface area (Å²) in [5.41, 5.74) is 0.198. The highest BCUT2D eigenvalue weighted by Gasteiger charge is 2.19. The largest absolute Gasteiger partial charge is 0.489 e. The van der Waals surface area contributed by atoms with Crippen molar-refractivity contribution in [3.63, 3.8) is 0 Å². The minimum Gasteiger partial charge on any atom is -0.489 e. The van der Waals surface area contributed by atoms with Crippen LogP contribution in [0.25, 0.3) is 0 Å². The van der Waals surface area contributed by atoms with Crippen LogP contribution in [0.3, 0.4) is 0 Å². The van der Waals surface area contributed by atoms with Gasteiger partial charge in [0.15, 0.2) is 11.4 Å². The summed E-state index contributed by atoms with van der Waals surface area (Å²) in [6, 6.07) is 3.36. The molecule has 1 heterocycles. The first-order valence-electron chi connectivity index (χ1n) is 6.00. The Balaban J connectivity index is 2.83. The maximum absolute atomic E-state index is 12.1. The van der Waals surface area contributed by atoms with Crippen LogP contribution >= 0.6 is 0 Å². The Hall–Kier alpha value is -2.11. The van der Waals surface area contributed by atoms with Crippen molar-refractivity contribution in [2.75, 3.05) is 13.6 Å². The van der Waals surface area contributed by atoms with Gasteiger partial charge in [-0.1, -0.05) is 0 Å². The Morgan fingerprint density at radius 2 is 2.16 bits per heavy atom. The summed E-state index contributed by atoms with van der Waals surface area (Å²) < 4.78 is 5.52. The number of carboxylic acids is 1. The van der Waals surface area contributed by atoms with Gasteiger partial charge in [0.25, 0.3) is 5.91 Å². The van der Waals surface area contributed by atoms with E-state index in [1.54, 1.807) is 19.2 Å². The molecular formula is C13H18N2O4. The normalized spacial score (nSPS) is 10.3. The van der Waals surface area contributed by atoms with Crippen molar-refractivity contribution in [1.82, 2.24) is 9.88 Å². The maximum atomic E-state index is 12.1. The van der Waals surface area contributed by atoms with Crippen LogP contribution in [0.4, 0.5) is 0 Å². The first kappa shape index (κ1) is 14.9. The summed E-state index contributed by atoms with van der Waals surface area (Å²) in [6.07, 6.45) is 1.33. The van der Waals surface area contributed by atoms with E-state index in [4.69, 9.17) is 9.84 Å². The lowest BCUT2D eigenvalue weighted by Gasteiger charge is -2.18. The van der Waals surface area contributed by atoms with Crippen LogP contribution in [0, 0.1) is 0 Å². The van der Waals surface area contributed by atoms with Gasteiger partial charge in [-0.3, -0.25) is 9.59 Å². The summed E-state index contributed by atoms with van der Waals surface area (Å²) in [4.78, 5) is 28.0. The lowest BCUT2D eigenvalue weighted by atomic mass is 10.2. The van der Waals surface area contributed by atoms with E-state index in [1.807, 2.05) is 13.8 Å². The molecule has 1 amide bonds. The van der Waals surface area contributed by atoms with E-state index >= 15 is 0 Å². The van der Waals surface area contributed by atoms with Gasteiger partial charge in [-0.15, -0.1) is 0 Å². The van der Waals surface area contributed by atoms with Crippen molar-refractivity contribution >= 4 is 11.9 Å². The monoisotopic (exact) mass is 266 g/mol. The van der Waals surface area contributed by atoms with E-state index in [2.05, 4.69) is 4.98 Å². The summed E-state index contributed by atoms with van der Waals surface area (Å²) >= 11 is 0. The van der Waals surface area contributed by atoms with Gasteiger partial charge in [-0.05, 0) is 26.0 Å². The van der Waals surface area contributed by atoms with Crippen LogP contribution in [0.5, 0.6) is 5.75 Å². The Morgan fingerprint density at radius 3 is 2.74 bits per heavy atom. The molecule has 19 heavy (non-hydrogen) atoms. The van der Waals surface area contributed by atoms with Gasteiger partial charge < -0.3 is 14.7 Å². The van der Waals surface area contributed by atoms with Crippen molar-refractivity contribution in [2.45, 2.75) is 26.4 Å². The number of carbonyl (C=O) groups is 2. The predicted molar refractivity (Wildman–Crippen MR) is 69.2 cm³/mol. The first-order chi connectivity index (χ1) is 8.91. The number of hydrogen-bond acceptors (Lipinski definition) is 4. The molecule has 0 radical (unpaired) electrons. The van der Waals surface area contributed by atoms with Crippen molar-refractivity contribution in [2.24, 2.45) is 0 Å². The van der Waals surface area contributed by atoms with Crippen LogP contribution in [0.15, 0.2) is 18.3 Å². The van der Waals surface area contributed by atoms with Gasteiger partial charge in [-0.25, -0.2) is 4.98 Å². The summed E-state index contributed by atoms with van der Waals surface area (Å²) in [6.45, 7) is 3.84. The number of nitrogens with zero attached hydrogens (tertiary/aromatic N) is 2. The number of hydrogen-bond donors (Lipinski definition) is 1. The molecule has 0 fully saturated rings. The molecule has 1 aromatic heterocycles. The Kier molecular flexibility index (Phi) is 5.29. The predicted octanol–water partition coefficient (Wildman–Crippen LogP) is 1.42. The number of carbonyl (C=O) groups excluding carboxylic acids is 1. The SMILES string of the molecule is CC(C)Oc1cccnc1C(=O)N(C)CCC(=O)O. The second-order valence-corrected chi connectivity index (χ2v) is 4.39. The zero-order valence-corrected chi connectivity index (χ0v) is 11.3. The minimum atomic E-state index is -0.945. The Labute approximate surface area is 112 Å². The first-order valence-corrected chi connectivity index (χ1v) is 6.00. The molecule has 1 aromatic rings. The molecule has 0 aliphatic heterocycles. The van der Waals surface area contributed by atoms with Crippen molar-refractivity contribution in [1.29, 1.82) is 0 Å². The van der Waals surface area contributed by atoms with Gasteiger partial charge in [0.05, 0.1) is 12.5 Å². The molecule has 0 aromatic carbocycles. The topological polar surface area (TPSA) is 79.7 Å². The zero-order chi connectivity index (χ0) is 14.4. The lowest BCUT2D eigenvalue weighted by Crippen LogP contribution is -2.30. The van der Waals surface area contributed by atoms with Gasteiger partial charge in [0.1, 0.15) is 0 Å². The maximum Gasteiger partial charge on any atom is 0.305 e. The van der Waals surface area contributed by atoms with Crippen molar-refractivity contribution in [3.8, 4) is 5.75 Å². The number of ether oxygens (including phenoxy) is 1. The Morgan fingerprint density at radius 1 is 1.47 bits per heavy atom. The van der Waals surface area contributed by atoms with Gasteiger partial charge in [0, 0.05) is 19.8 Å². The summed E-state index contributed by atoms with van der Waals surface area (Å²) in [7, 11) is 1.54. The molecule has 0 bridgehead atoms. The summed E-state index contributed by atoms with van der Waals surface area (Å²) in [5.74, 6) is -0.888. The fraction of sp³-hybridized carbons (Fsp3) is 0.462. The van der Waals surface area contributed by atoms with Crippen molar-refractivity contribution in [3.05, 3.63) is 24.0 Å². The fourth-order valence-electron chi connectivity index (χ4n) is 1.45. The molecule has 104 valence electrons. The second kappa shape index (κ2) is 6.72. The van der Waals surface area contributed by atoms with Crippen LogP contribution in [0.2, 0.25) is 0 Å². The number of pyridine rings is 1. The molecule has 1 N–H and O–H groups in total. The number of rotatable bonds is 6. The standard InChI is InChI=1S/C13H18N2O4/c1-9(2)19-10-5-4-7-14-12(10)13(18)15(3)8-6-11(16)17/h4-5,7,9H,6,8H2,1-3H3,(H,16,17). The van der Waals surface area contributed by atoms with Gasteiger partial charge >= 0.3 is 5.97 Å². The third-order valence-electron chi connectivity index (χ3n) is 2.34. The number of aromatic nitrogens is 1. The quantitative estimate of drug-likeness (QED) is 0.842. The fourth-order valence-corrected chi connectivity index (χ4v) is 1.45. The molecule has 0 aliphatic rings. The molecule has 0 unspecified atom stereocenters. The zero-order valence-electron chi connectivity index (χ0n) is 11.3. The highest BCUT2D eigenvalue weighted by atomic mass is 16.5. The highest BCUT2D eigenvalue weighted by molar-refractivity contribution is 5.94. The second-order valence-electron chi connectivity index (χ2n) is 4.39. The smallest absolute Gasteiger partial charge is 0.305 e. The lowest BCUT2D eigenvalue weighted by molar-refractivity contribution is -0.137. The molecular weight excluding hydrogens is 248 g/mol. The average Bonchev–Trinajstić information content (AvgIpc) is 2.35. The van der Waals surface area contributed by atoms with Gasteiger partial charge in [-0.2, -0.15) is 0 Å². The minimum absolute atomic E-state index is 0.0694. The number of carboxylic acid groups (broad SMARTS) is 1. The summed E-state index contributed by atoms with van der Waals surface area (Å²) in [5, 5.41) is 8.61. The van der Waals surface area contributed by atoms with Crippen LogP contribution in [0.1, 0.15) is 30.8 Å². The Bertz CT molecular complexity index is 460. The molecule has 0 saturated carbocycles. The highest BCUT2D eigenvalue weighted by Crippen LogP contribution is 2.18. The van der Waals surface area contributed by atoms with E-state index in [9.17, 15) is 9.59 Å². The molecule has 1 rings (SSSR count). The van der Waals surface area contributed by atoms with Crippen LogP contribution in [-0.4, -0.2) is 46.6 Å². The third kappa shape index (κ3) is 4.57. The molecule has 0 spiro atoms. The molecule has 0 atom stereocenters. The van der Waals surface area contributed by atoms with E-state index in [1.165, 1.54) is 11.1 Å². The van der Waals surface area contributed by atoms with Crippen LogP contribution < -0.4 is 4.74 Å². The number of amides is 1. The third-order valence-corrected chi connectivity index (χ3v) is 2.34. The van der Waals surface area contributed by atoms with Gasteiger partial charge in [0.2, 0.25) is 0 Å².